The second-order valence-electron chi connectivity index (χ2n) is 7.98. The average Bonchev–Trinajstić information content (AvgIpc) is 2.83. The van der Waals surface area contributed by atoms with E-state index >= 15 is 0 Å². The molecule has 0 saturated carbocycles. The molecule has 0 aromatic heterocycles. The van der Waals surface area contributed by atoms with Gasteiger partial charge in [-0.1, -0.05) is 0 Å². The summed E-state index contributed by atoms with van der Waals surface area (Å²) in [6.07, 6.45) is 0. The number of nitrogens with zero attached hydrogens (tertiary/aromatic N) is 7. The summed E-state index contributed by atoms with van der Waals surface area (Å²) in [5, 5.41) is 60.2. The van der Waals surface area contributed by atoms with Crippen molar-refractivity contribution in [3.05, 3.63) is 71.3 Å². The molecule has 6 N–H and O–H groups in total. The zero-order valence-electron chi connectivity index (χ0n) is 18.5. The van der Waals surface area contributed by atoms with E-state index in [0.29, 0.717) is 0 Å². The zero-order chi connectivity index (χ0) is 25.8. The Bertz CT molecular complexity index is 1510. The first-order valence-electron chi connectivity index (χ1n) is 10.7. The van der Waals surface area contributed by atoms with Crippen molar-refractivity contribution in [1.82, 2.24) is 4.90 Å². The van der Waals surface area contributed by atoms with Gasteiger partial charge < -0.3 is 30.6 Å². The van der Waals surface area contributed by atoms with E-state index in [1.807, 2.05) is 0 Å². The molecule has 0 bridgehead atoms. The second kappa shape index (κ2) is 7.91. The van der Waals surface area contributed by atoms with Crippen molar-refractivity contribution in [1.29, 1.82) is 0 Å². The van der Waals surface area contributed by atoms with E-state index in [-0.39, 0.29) is 86.6 Å². The predicted octanol–water partition coefficient (Wildman–Crippen LogP) is 1.97. The molecule has 37 heavy (non-hydrogen) atoms. The molecule has 0 spiro atoms. The van der Waals surface area contributed by atoms with Crippen LogP contribution in [0.1, 0.15) is 16.7 Å². The molecule has 3 heterocycles. The van der Waals surface area contributed by atoms with Crippen LogP contribution in [0.15, 0.2) is 84.6 Å². The molecule has 3 aromatic carbocycles. The third kappa shape index (κ3) is 3.67. The number of guanidine groups is 3. The van der Waals surface area contributed by atoms with Crippen LogP contribution in [-0.2, 0) is 0 Å². The van der Waals surface area contributed by atoms with Crippen molar-refractivity contribution in [3.8, 4) is 34.5 Å². The lowest BCUT2D eigenvalue weighted by molar-refractivity contribution is 0.449. The van der Waals surface area contributed by atoms with Crippen LogP contribution in [0.2, 0.25) is 0 Å². The smallest absolute Gasteiger partial charge is 0.243 e. The van der Waals surface area contributed by atoms with E-state index in [4.69, 9.17) is 0 Å². The minimum atomic E-state index is -0.289. The Labute approximate surface area is 207 Å². The summed E-state index contributed by atoms with van der Waals surface area (Å²) < 4.78 is 0. The maximum Gasteiger partial charge on any atom is 0.243 e. The molecule has 0 atom stereocenters. The van der Waals surface area contributed by atoms with Gasteiger partial charge in [-0.25, -0.2) is 4.90 Å². The molecule has 0 saturated heterocycles. The van der Waals surface area contributed by atoms with Crippen LogP contribution in [0, 0.1) is 0 Å². The standard InChI is InChI=1S/C24H15N7O6/c32-10-1-4-13(16(35)7-10)19-25-22-27-20(14-5-2-11(33)8-17(14)36)29-24-30-21(28-23(26-19)31(22)24)15-6-3-12(34)9-18(15)37/h1-9,32-37H. The number of phenols is 6. The van der Waals surface area contributed by atoms with E-state index in [1.54, 1.807) is 0 Å². The van der Waals surface area contributed by atoms with Crippen LogP contribution in [-0.4, -0.2) is 70.9 Å². The topological polar surface area (TPSA) is 199 Å². The van der Waals surface area contributed by atoms with Crippen LogP contribution in [0.3, 0.4) is 0 Å². The first kappa shape index (κ1) is 21.8. The summed E-state index contributed by atoms with van der Waals surface area (Å²) in [6, 6.07) is 11.7. The molecule has 3 aliphatic rings. The summed E-state index contributed by atoms with van der Waals surface area (Å²) in [5.74, 6) is -1.26. The molecule has 0 unspecified atom stereocenters. The molecule has 13 nitrogen and oxygen atoms in total. The lowest BCUT2D eigenvalue weighted by Crippen LogP contribution is -2.48. The van der Waals surface area contributed by atoms with Gasteiger partial charge in [-0.2, -0.15) is 30.0 Å². The molecular formula is C24H15N7O6. The van der Waals surface area contributed by atoms with Crippen molar-refractivity contribution in [2.24, 2.45) is 30.0 Å². The van der Waals surface area contributed by atoms with Crippen molar-refractivity contribution in [2.45, 2.75) is 0 Å². The van der Waals surface area contributed by atoms with Crippen molar-refractivity contribution >= 4 is 35.4 Å². The molecule has 0 aliphatic carbocycles. The fourth-order valence-electron chi connectivity index (χ4n) is 3.78. The van der Waals surface area contributed by atoms with Crippen molar-refractivity contribution in [3.63, 3.8) is 0 Å². The maximum atomic E-state index is 10.4. The lowest BCUT2D eigenvalue weighted by Gasteiger charge is -2.30. The minimum Gasteiger partial charge on any atom is -0.508 e. The molecule has 0 fully saturated rings. The summed E-state index contributed by atoms with van der Waals surface area (Å²) in [4.78, 5) is 27.8. The third-order valence-electron chi connectivity index (χ3n) is 5.50. The van der Waals surface area contributed by atoms with Gasteiger partial charge in [0, 0.05) is 18.2 Å². The number of amidine groups is 3. The highest BCUT2D eigenvalue weighted by Crippen LogP contribution is 2.31. The van der Waals surface area contributed by atoms with Gasteiger partial charge in [0.2, 0.25) is 17.9 Å². The van der Waals surface area contributed by atoms with Crippen LogP contribution >= 0.6 is 0 Å². The van der Waals surface area contributed by atoms with Crippen LogP contribution in [0.25, 0.3) is 0 Å². The van der Waals surface area contributed by atoms with Gasteiger partial charge in [0.25, 0.3) is 0 Å². The van der Waals surface area contributed by atoms with Crippen LogP contribution in [0.4, 0.5) is 0 Å². The van der Waals surface area contributed by atoms with E-state index in [1.165, 1.54) is 41.3 Å². The Morgan fingerprint density at radius 1 is 0.405 bits per heavy atom. The molecule has 6 rings (SSSR count). The first-order valence-corrected chi connectivity index (χ1v) is 10.7. The van der Waals surface area contributed by atoms with Gasteiger partial charge in [-0.3, -0.25) is 0 Å². The second-order valence-corrected chi connectivity index (χ2v) is 7.98. The monoisotopic (exact) mass is 497 g/mol. The summed E-state index contributed by atoms with van der Waals surface area (Å²) in [5.41, 5.74) is 0.535. The van der Waals surface area contributed by atoms with Gasteiger partial charge in [-0.05, 0) is 36.4 Å². The van der Waals surface area contributed by atoms with Gasteiger partial charge in [-0.15, -0.1) is 0 Å². The van der Waals surface area contributed by atoms with E-state index in [9.17, 15) is 30.6 Å². The van der Waals surface area contributed by atoms with E-state index in [2.05, 4.69) is 30.0 Å². The minimum absolute atomic E-state index is 0.0120. The molecule has 182 valence electrons. The fourth-order valence-corrected chi connectivity index (χ4v) is 3.78. The van der Waals surface area contributed by atoms with Crippen LogP contribution < -0.4 is 0 Å². The third-order valence-corrected chi connectivity index (χ3v) is 5.50. The van der Waals surface area contributed by atoms with Gasteiger partial charge in [0.1, 0.15) is 34.5 Å². The fraction of sp³-hybridized carbons (Fsp3) is 0. The summed E-state index contributed by atoms with van der Waals surface area (Å²) >= 11 is 0. The zero-order valence-corrected chi connectivity index (χ0v) is 18.5. The number of aliphatic imine (C=N–C) groups is 6. The number of rotatable bonds is 3. The number of benzene rings is 3. The molecule has 13 heteroatoms. The number of hydrogen-bond donors (Lipinski definition) is 6. The molecule has 0 amide bonds. The highest BCUT2D eigenvalue weighted by atomic mass is 16.3. The van der Waals surface area contributed by atoms with Crippen LogP contribution in [0.5, 0.6) is 34.5 Å². The van der Waals surface area contributed by atoms with Crippen molar-refractivity contribution in [2.75, 3.05) is 0 Å². The number of aromatic hydroxyl groups is 6. The Hall–Kier alpha value is -5.72. The van der Waals surface area contributed by atoms with Gasteiger partial charge in [0.15, 0.2) is 17.5 Å². The predicted molar refractivity (Wildman–Crippen MR) is 133 cm³/mol. The largest absolute Gasteiger partial charge is 0.508 e. The van der Waals surface area contributed by atoms with E-state index < -0.39 is 0 Å². The first-order chi connectivity index (χ1) is 17.8. The summed E-state index contributed by atoms with van der Waals surface area (Å²) in [7, 11) is 0. The normalized spacial score (nSPS) is 16.1. The van der Waals surface area contributed by atoms with Crippen molar-refractivity contribution < 1.29 is 30.6 Å². The Kier molecular flexibility index (Phi) is 4.66. The summed E-state index contributed by atoms with van der Waals surface area (Å²) in [6.45, 7) is 0. The Morgan fingerprint density at radius 2 is 0.703 bits per heavy atom. The van der Waals surface area contributed by atoms with Gasteiger partial charge >= 0.3 is 0 Å². The molecule has 0 radical (unpaired) electrons. The number of hydrogen-bond acceptors (Lipinski definition) is 13. The quantitative estimate of drug-likeness (QED) is 0.318. The Balaban J connectivity index is 1.57. The average molecular weight is 497 g/mol. The highest BCUT2D eigenvalue weighted by molar-refractivity contribution is 6.34. The Morgan fingerprint density at radius 3 is 0.973 bits per heavy atom. The molecular weight excluding hydrogens is 482 g/mol. The highest BCUT2D eigenvalue weighted by Gasteiger charge is 2.36. The SMILES string of the molecule is Oc1ccc(C2=NC3=NC(c4ccc(O)cc4O)=NC4=NC(c5ccc(O)cc5O)=NC(=N2)N34)c(O)c1. The maximum absolute atomic E-state index is 10.4. The van der Waals surface area contributed by atoms with Gasteiger partial charge in [0.05, 0.1) is 16.7 Å². The lowest BCUT2D eigenvalue weighted by atomic mass is 10.1. The van der Waals surface area contributed by atoms with E-state index in [0.717, 1.165) is 18.2 Å². The molecule has 3 aliphatic heterocycles. The number of phenolic OH excluding ortho intramolecular Hbond substituents is 6. The molecule has 3 aromatic rings.